The first-order valence-electron chi connectivity index (χ1n) is 5.12. The van der Waals surface area contributed by atoms with Crippen molar-refractivity contribution in [1.82, 2.24) is 4.98 Å². The molecule has 0 atom stereocenters. The molecule has 0 aliphatic rings. The molecule has 0 bridgehead atoms. The van der Waals surface area contributed by atoms with E-state index in [1.165, 1.54) is 0 Å². The first kappa shape index (κ1) is 13.8. The number of nitrogens with zero attached hydrogens (tertiary/aromatic N) is 2. The fourth-order valence-electron chi connectivity index (χ4n) is 1.42. The van der Waals surface area contributed by atoms with Crippen LogP contribution in [-0.4, -0.2) is 17.6 Å². The molecule has 96 valence electrons. The van der Waals surface area contributed by atoms with E-state index in [-0.39, 0.29) is 30.0 Å². The van der Waals surface area contributed by atoms with E-state index in [1.807, 2.05) is 0 Å². The molecule has 0 aliphatic carbocycles. The van der Waals surface area contributed by atoms with Gasteiger partial charge in [0.2, 0.25) is 0 Å². The zero-order chi connectivity index (χ0) is 13.7. The molecule has 1 rings (SSSR count). The molecule has 18 heavy (non-hydrogen) atoms. The monoisotopic (exact) mass is 255 g/mol. The molecule has 1 aromatic rings. The molecule has 0 radical (unpaired) electrons. The summed E-state index contributed by atoms with van der Waals surface area (Å²) in [5.41, 5.74) is 4.63. The van der Waals surface area contributed by atoms with E-state index in [9.17, 15) is 13.6 Å². The van der Waals surface area contributed by atoms with Crippen LogP contribution in [0.1, 0.15) is 30.0 Å². The summed E-state index contributed by atoms with van der Waals surface area (Å²) in [6.45, 7) is 1.77. The summed E-state index contributed by atoms with van der Waals surface area (Å²) in [6.07, 6.45) is -2.36. The maximum Gasteiger partial charge on any atom is 0.310 e. The third kappa shape index (κ3) is 2.91. The fraction of sp³-hybridized carbons (Fsp3) is 0.364. The van der Waals surface area contributed by atoms with E-state index in [0.717, 1.165) is 6.20 Å². The number of nitrogens with two attached hydrogens (primary N) is 1. The maximum absolute atomic E-state index is 12.7. The molecule has 7 heteroatoms. The Morgan fingerprint density at radius 1 is 1.67 bits per heavy atom. The third-order valence-corrected chi connectivity index (χ3v) is 2.22. The van der Waals surface area contributed by atoms with Gasteiger partial charge in [0.05, 0.1) is 24.2 Å². The van der Waals surface area contributed by atoms with Crippen LogP contribution < -0.4 is 5.73 Å². The number of nitrogen functional groups attached to an aromatic ring is 1. The number of esters is 1. The van der Waals surface area contributed by atoms with Gasteiger partial charge in [-0.25, -0.2) is 13.8 Å². The summed E-state index contributed by atoms with van der Waals surface area (Å²) in [5.74, 6) is -0.766. The lowest BCUT2D eigenvalue weighted by molar-refractivity contribution is -0.142. The minimum absolute atomic E-state index is 0.0197. The minimum atomic E-state index is -2.85. The second-order valence-electron chi connectivity index (χ2n) is 3.35. The van der Waals surface area contributed by atoms with E-state index >= 15 is 0 Å². The number of hydrogen-bond donors (Lipinski definition) is 1. The Balaban J connectivity index is 3.21. The summed E-state index contributed by atoms with van der Waals surface area (Å²) in [4.78, 5) is 14.9. The van der Waals surface area contributed by atoms with Crippen molar-refractivity contribution in [3.8, 4) is 6.07 Å². The van der Waals surface area contributed by atoms with Crippen LogP contribution in [0.15, 0.2) is 6.20 Å². The van der Waals surface area contributed by atoms with E-state index in [4.69, 9.17) is 11.0 Å². The number of aromatic nitrogens is 1. The normalized spacial score (nSPS) is 10.2. The highest BCUT2D eigenvalue weighted by Crippen LogP contribution is 2.27. The van der Waals surface area contributed by atoms with Gasteiger partial charge in [0, 0.05) is 11.8 Å². The van der Waals surface area contributed by atoms with Crippen LogP contribution in [0.3, 0.4) is 0 Å². The number of carbonyl (C=O) groups is 1. The first-order chi connectivity index (χ1) is 8.51. The number of anilines is 1. The Hall–Kier alpha value is -2.23. The zero-order valence-corrected chi connectivity index (χ0v) is 9.61. The highest BCUT2D eigenvalue weighted by molar-refractivity contribution is 5.76. The highest BCUT2D eigenvalue weighted by atomic mass is 19.3. The molecule has 0 spiro atoms. The Bertz CT molecular complexity index is 498. The summed E-state index contributed by atoms with van der Waals surface area (Å²) in [5, 5.41) is 8.90. The molecule has 0 aliphatic heterocycles. The largest absolute Gasteiger partial charge is 0.466 e. The van der Waals surface area contributed by atoms with Gasteiger partial charge in [0.1, 0.15) is 11.9 Å². The molecule has 1 aromatic heterocycles. The number of carbonyl (C=O) groups excluding carboxylic acids is 1. The Labute approximate surface area is 102 Å². The van der Waals surface area contributed by atoms with Crippen LogP contribution in [-0.2, 0) is 16.0 Å². The average molecular weight is 255 g/mol. The van der Waals surface area contributed by atoms with Gasteiger partial charge in [-0.1, -0.05) is 0 Å². The molecule has 5 nitrogen and oxygen atoms in total. The number of hydrogen-bond acceptors (Lipinski definition) is 5. The standard InChI is InChI=1S/C11H11F2N3O2/c1-2-18-9(17)3-6-7(4-14)8(10(12)13)5-16-11(6)15/h5,10H,2-3H2,1H3,(H2,15,16). The Morgan fingerprint density at radius 3 is 2.83 bits per heavy atom. The second-order valence-corrected chi connectivity index (χ2v) is 3.35. The van der Waals surface area contributed by atoms with Gasteiger partial charge >= 0.3 is 5.97 Å². The predicted molar refractivity (Wildman–Crippen MR) is 58.7 cm³/mol. The van der Waals surface area contributed by atoms with E-state index < -0.39 is 18.0 Å². The minimum Gasteiger partial charge on any atom is -0.466 e. The molecule has 0 fully saturated rings. The number of rotatable bonds is 4. The van der Waals surface area contributed by atoms with Gasteiger partial charge in [-0.3, -0.25) is 4.79 Å². The van der Waals surface area contributed by atoms with Crippen LogP contribution in [0.25, 0.3) is 0 Å². The Morgan fingerprint density at radius 2 is 2.33 bits per heavy atom. The van der Waals surface area contributed by atoms with E-state index in [0.29, 0.717) is 0 Å². The third-order valence-electron chi connectivity index (χ3n) is 2.22. The number of halogens is 2. The van der Waals surface area contributed by atoms with Crippen LogP contribution in [0.2, 0.25) is 0 Å². The number of alkyl halides is 2. The lowest BCUT2D eigenvalue weighted by atomic mass is 10.0. The van der Waals surface area contributed by atoms with Gasteiger partial charge in [0.25, 0.3) is 6.43 Å². The Kier molecular flexibility index (Phi) is 4.54. The van der Waals surface area contributed by atoms with E-state index in [1.54, 1.807) is 13.0 Å². The molecule has 0 saturated carbocycles. The van der Waals surface area contributed by atoms with Crippen molar-refractivity contribution in [1.29, 1.82) is 5.26 Å². The van der Waals surface area contributed by atoms with Crippen LogP contribution in [0.4, 0.5) is 14.6 Å². The van der Waals surface area contributed by atoms with Crippen molar-refractivity contribution < 1.29 is 18.3 Å². The molecule has 2 N–H and O–H groups in total. The zero-order valence-electron chi connectivity index (χ0n) is 9.61. The highest BCUT2D eigenvalue weighted by Gasteiger charge is 2.21. The number of ether oxygens (including phenoxy) is 1. The van der Waals surface area contributed by atoms with Crippen LogP contribution >= 0.6 is 0 Å². The maximum atomic E-state index is 12.7. The van der Waals surface area contributed by atoms with Crippen LogP contribution in [0.5, 0.6) is 0 Å². The van der Waals surface area contributed by atoms with Gasteiger partial charge < -0.3 is 10.5 Å². The second kappa shape index (κ2) is 5.91. The van der Waals surface area contributed by atoms with Crippen molar-refractivity contribution in [2.24, 2.45) is 0 Å². The van der Waals surface area contributed by atoms with Crippen molar-refractivity contribution in [2.75, 3.05) is 12.3 Å². The average Bonchev–Trinajstić information content (AvgIpc) is 2.31. The number of nitriles is 1. The van der Waals surface area contributed by atoms with Gasteiger partial charge in [-0.15, -0.1) is 0 Å². The molecule has 0 saturated heterocycles. The summed E-state index contributed by atoms with van der Waals surface area (Å²) in [7, 11) is 0. The molecule has 0 aromatic carbocycles. The molecule has 0 amide bonds. The van der Waals surface area contributed by atoms with Crippen molar-refractivity contribution in [3.05, 3.63) is 22.9 Å². The van der Waals surface area contributed by atoms with Gasteiger partial charge in [-0.2, -0.15) is 5.26 Å². The van der Waals surface area contributed by atoms with Crippen molar-refractivity contribution >= 4 is 11.8 Å². The van der Waals surface area contributed by atoms with Crippen molar-refractivity contribution in [2.45, 2.75) is 19.8 Å². The van der Waals surface area contributed by atoms with Gasteiger partial charge in [0.15, 0.2) is 0 Å². The molecular formula is C11H11F2N3O2. The molecule has 0 unspecified atom stereocenters. The quantitative estimate of drug-likeness (QED) is 0.825. The molecule has 1 heterocycles. The first-order valence-corrected chi connectivity index (χ1v) is 5.12. The van der Waals surface area contributed by atoms with Gasteiger partial charge in [-0.05, 0) is 6.92 Å². The summed E-state index contributed by atoms with van der Waals surface area (Å²) >= 11 is 0. The topological polar surface area (TPSA) is 89.0 Å². The fourth-order valence-corrected chi connectivity index (χ4v) is 1.42. The predicted octanol–water partition coefficient (Wildman–Crippen LogP) is 1.58. The number of pyridine rings is 1. The smallest absolute Gasteiger partial charge is 0.310 e. The van der Waals surface area contributed by atoms with Crippen LogP contribution in [0, 0.1) is 11.3 Å². The van der Waals surface area contributed by atoms with E-state index in [2.05, 4.69) is 9.72 Å². The molecular weight excluding hydrogens is 244 g/mol. The summed E-state index contributed by atoms with van der Waals surface area (Å²) in [6, 6.07) is 1.63. The lowest BCUT2D eigenvalue weighted by Crippen LogP contribution is -2.13. The SMILES string of the molecule is CCOC(=O)Cc1c(N)ncc(C(F)F)c1C#N. The summed E-state index contributed by atoms with van der Waals surface area (Å²) < 4.78 is 30.0. The van der Waals surface area contributed by atoms with Crippen molar-refractivity contribution in [3.63, 3.8) is 0 Å². The lowest BCUT2D eigenvalue weighted by Gasteiger charge is -2.10.